The van der Waals surface area contributed by atoms with Gasteiger partial charge in [0.2, 0.25) is 5.91 Å². The van der Waals surface area contributed by atoms with Crippen molar-refractivity contribution in [1.29, 1.82) is 0 Å². The molecule has 0 saturated carbocycles. The summed E-state index contributed by atoms with van der Waals surface area (Å²) in [5.74, 6) is 0.342. The highest BCUT2D eigenvalue weighted by Crippen LogP contribution is 2.31. The van der Waals surface area contributed by atoms with E-state index in [9.17, 15) is 9.59 Å². The molecule has 0 radical (unpaired) electrons. The van der Waals surface area contributed by atoms with Crippen molar-refractivity contribution in [2.45, 2.75) is 6.42 Å². The number of nitrogens with one attached hydrogen (secondary N) is 1. The summed E-state index contributed by atoms with van der Waals surface area (Å²) in [5.41, 5.74) is 2.22. The van der Waals surface area contributed by atoms with Crippen LogP contribution in [0.5, 0.6) is 5.75 Å². The number of amides is 2. The maximum atomic E-state index is 12.3. The normalized spacial score (nSPS) is 13.2. The van der Waals surface area contributed by atoms with Gasteiger partial charge in [-0.1, -0.05) is 30.3 Å². The van der Waals surface area contributed by atoms with Gasteiger partial charge in [0.1, 0.15) is 5.75 Å². The van der Waals surface area contributed by atoms with E-state index in [0.29, 0.717) is 23.7 Å². The SMILES string of the molecule is O=C(CCN1C(=O)COc2ccccc21)Nc1cnc2ccccc2c1. The monoisotopic (exact) mass is 347 g/mol. The zero-order valence-electron chi connectivity index (χ0n) is 14.0. The Morgan fingerprint density at radius 3 is 2.88 bits per heavy atom. The van der Waals surface area contributed by atoms with E-state index in [1.165, 1.54) is 0 Å². The summed E-state index contributed by atoms with van der Waals surface area (Å²) < 4.78 is 5.41. The van der Waals surface area contributed by atoms with Gasteiger partial charge in [0, 0.05) is 18.4 Å². The number of aromatic nitrogens is 1. The van der Waals surface area contributed by atoms with E-state index in [2.05, 4.69) is 10.3 Å². The largest absolute Gasteiger partial charge is 0.482 e. The lowest BCUT2D eigenvalue weighted by Crippen LogP contribution is -2.40. The van der Waals surface area contributed by atoms with Gasteiger partial charge in [-0.05, 0) is 24.3 Å². The van der Waals surface area contributed by atoms with Crippen LogP contribution in [0.3, 0.4) is 0 Å². The number of rotatable bonds is 4. The van der Waals surface area contributed by atoms with Gasteiger partial charge >= 0.3 is 0 Å². The smallest absolute Gasteiger partial charge is 0.265 e. The second-order valence-electron chi connectivity index (χ2n) is 6.02. The second kappa shape index (κ2) is 6.84. The molecule has 1 aliphatic rings. The molecule has 0 atom stereocenters. The summed E-state index contributed by atoms with van der Waals surface area (Å²) in [6.07, 6.45) is 1.82. The minimum atomic E-state index is -0.168. The average molecular weight is 347 g/mol. The first kappa shape index (κ1) is 16.1. The Hall–Kier alpha value is -3.41. The molecule has 2 amide bonds. The van der Waals surface area contributed by atoms with Crippen LogP contribution in [0.2, 0.25) is 0 Å². The third-order valence-electron chi connectivity index (χ3n) is 4.24. The highest BCUT2D eigenvalue weighted by molar-refractivity contribution is 5.99. The fraction of sp³-hybridized carbons (Fsp3) is 0.150. The first-order chi connectivity index (χ1) is 12.7. The van der Waals surface area contributed by atoms with Crippen LogP contribution in [0.1, 0.15) is 6.42 Å². The standard InChI is InChI=1S/C20H17N3O3/c24-19(22-15-11-14-5-1-2-6-16(14)21-12-15)9-10-23-17-7-3-4-8-18(17)26-13-20(23)25/h1-8,11-12H,9-10,13H2,(H,22,24). The minimum absolute atomic E-state index is 0.00672. The van der Waals surface area contributed by atoms with Crippen LogP contribution in [0.15, 0.2) is 60.8 Å². The number of hydrogen-bond donors (Lipinski definition) is 1. The molecule has 0 saturated heterocycles. The average Bonchev–Trinajstić information content (AvgIpc) is 2.67. The molecule has 4 rings (SSSR count). The number of fused-ring (bicyclic) bond motifs is 2. The lowest BCUT2D eigenvalue weighted by molar-refractivity contribution is -0.121. The van der Waals surface area contributed by atoms with Crippen molar-refractivity contribution in [2.24, 2.45) is 0 Å². The van der Waals surface area contributed by atoms with E-state index in [0.717, 1.165) is 10.9 Å². The summed E-state index contributed by atoms with van der Waals surface area (Å²) in [4.78, 5) is 30.4. The van der Waals surface area contributed by atoms with Crippen molar-refractivity contribution >= 4 is 34.1 Å². The first-order valence-corrected chi connectivity index (χ1v) is 8.37. The third-order valence-corrected chi connectivity index (χ3v) is 4.24. The van der Waals surface area contributed by atoms with Gasteiger partial charge in [-0.15, -0.1) is 0 Å². The van der Waals surface area contributed by atoms with E-state index >= 15 is 0 Å². The molecule has 0 fully saturated rings. The van der Waals surface area contributed by atoms with Crippen molar-refractivity contribution in [3.63, 3.8) is 0 Å². The van der Waals surface area contributed by atoms with Crippen LogP contribution in [0.4, 0.5) is 11.4 Å². The van der Waals surface area contributed by atoms with Gasteiger partial charge in [0.15, 0.2) is 6.61 Å². The van der Waals surface area contributed by atoms with Crippen LogP contribution in [-0.2, 0) is 9.59 Å². The van der Waals surface area contributed by atoms with Gasteiger partial charge in [0.05, 0.1) is 23.1 Å². The number of hydrogen-bond acceptors (Lipinski definition) is 4. The van der Waals surface area contributed by atoms with E-state index < -0.39 is 0 Å². The molecule has 6 heteroatoms. The van der Waals surface area contributed by atoms with Crippen molar-refractivity contribution in [2.75, 3.05) is 23.4 Å². The van der Waals surface area contributed by atoms with E-state index in [-0.39, 0.29) is 24.8 Å². The number of pyridine rings is 1. The highest BCUT2D eigenvalue weighted by Gasteiger charge is 2.25. The van der Waals surface area contributed by atoms with Crippen molar-refractivity contribution in [3.05, 3.63) is 60.8 Å². The van der Waals surface area contributed by atoms with Crippen LogP contribution in [0, 0.1) is 0 Å². The van der Waals surface area contributed by atoms with Gasteiger partial charge in [-0.3, -0.25) is 14.6 Å². The molecule has 1 aromatic heterocycles. The molecular weight excluding hydrogens is 330 g/mol. The van der Waals surface area contributed by atoms with Crippen LogP contribution >= 0.6 is 0 Å². The number of benzene rings is 2. The van der Waals surface area contributed by atoms with Crippen LogP contribution < -0.4 is 15.0 Å². The zero-order chi connectivity index (χ0) is 17.9. The summed E-state index contributed by atoms with van der Waals surface area (Å²) in [5, 5.41) is 3.80. The first-order valence-electron chi connectivity index (χ1n) is 8.37. The molecule has 130 valence electrons. The van der Waals surface area contributed by atoms with E-state index in [1.54, 1.807) is 11.1 Å². The molecule has 0 unspecified atom stereocenters. The van der Waals surface area contributed by atoms with Crippen LogP contribution in [-0.4, -0.2) is 29.9 Å². The van der Waals surface area contributed by atoms with Gasteiger partial charge in [-0.25, -0.2) is 0 Å². The number of ether oxygens (including phenoxy) is 1. The number of para-hydroxylation sites is 3. The summed E-state index contributed by atoms with van der Waals surface area (Å²) in [6, 6.07) is 16.9. The molecular formula is C20H17N3O3. The molecule has 2 heterocycles. The van der Waals surface area contributed by atoms with Crippen molar-refractivity contribution < 1.29 is 14.3 Å². The van der Waals surface area contributed by atoms with Crippen molar-refractivity contribution in [3.8, 4) is 5.75 Å². The molecule has 6 nitrogen and oxygen atoms in total. The van der Waals surface area contributed by atoms with Gasteiger partial charge < -0.3 is 15.0 Å². The Morgan fingerprint density at radius 1 is 1.15 bits per heavy atom. The Morgan fingerprint density at radius 2 is 1.96 bits per heavy atom. The maximum absolute atomic E-state index is 12.3. The number of carbonyl (C=O) groups excluding carboxylic acids is 2. The maximum Gasteiger partial charge on any atom is 0.265 e. The predicted octanol–water partition coefficient (Wildman–Crippen LogP) is 2.99. The quantitative estimate of drug-likeness (QED) is 0.787. The molecule has 26 heavy (non-hydrogen) atoms. The predicted molar refractivity (Wildman–Crippen MR) is 99.3 cm³/mol. The molecule has 3 aromatic rings. The molecule has 0 aliphatic carbocycles. The van der Waals surface area contributed by atoms with E-state index in [4.69, 9.17) is 4.74 Å². The number of anilines is 2. The van der Waals surface area contributed by atoms with Crippen molar-refractivity contribution in [1.82, 2.24) is 4.98 Å². The van der Waals surface area contributed by atoms with E-state index in [1.807, 2.05) is 54.6 Å². The van der Waals surface area contributed by atoms with Gasteiger partial charge in [-0.2, -0.15) is 0 Å². The Labute approximate surface area is 150 Å². The summed E-state index contributed by atoms with van der Waals surface area (Å²) >= 11 is 0. The fourth-order valence-electron chi connectivity index (χ4n) is 2.98. The molecule has 2 aromatic carbocycles. The molecule has 1 aliphatic heterocycles. The molecule has 0 spiro atoms. The molecule has 1 N–H and O–H groups in total. The minimum Gasteiger partial charge on any atom is -0.482 e. The highest BCUT2D eigenvalue weighted by atomic mass is 16.5. The van der Waals surface area contributed by atoms with Gasteiger partial charge in [0.25, 0.3) is 5.91 Å². The lowest BCUT2D eigenvalue weighted by Gasteiger charge is -2.29. The van der Waals surface area contributed by atoms with Crippen LogP contribution in [0.25, 0.3) is 10.9 Å². The zero-order valence-corrected chi connectivity index (χ0v) is 14.0. The fourth-order valence-corrected chi connectivity index (χ4v) is 2.98. The topological polar surface area (TPSA) is 71.5 Å². The Bertz CT molecular complexity index is 987. The second-order valence-corrected chi connectivity index (χ2v) is 6.02. The lowest BCUT2D eigenvalue weighted by atomic mass is 10.2. The Balaban J connectivity index is 1.43. The Kier molecular flexibility index (Phi) is 4.23. The molecule has 0 bridgehead atoms. The third kappa shape index (κ3) is 3.21. The number of nitrogens with zero attached hydrogens (tertiary/aromatic N) is 2. The summed E-state index contributed by atoms with van der Waals surface area (Å²) in [7, 11) is 0. The number of carbonyl (C=O) groups is 2. The summed E-state index contributed by atoms with van der Waals surface area (Å²) in [6.45, 7) is 0.291.